The van der Waals surface area contributed by atoms with Crippen LogP contribution in [0.25, 0.3) is 0 Å². The normalized spacial score (nSPS) is 22.2. The van der Waals surface area contributed by atoms with Gasteiger partial charge in [-0.15, -0.1) is 0 Å². The van der Waals surface area contributed by atoms with Crippen molar-refractivity contribution in [2.45, 2.75) is 38.3 Å². The molecule has 1 aliphatic carbocycles. The number of anilines is 1. The van der Waals surface area contributed by atoms with Crippen LogP contribution in [0.1, 0.15) is 26.2 Å². The Balaban J connectivity index is 2.20. The molecule has 2 unspecified atom stereocenters. The van der Waals surface area contributed by atoms with E-state index in [0.717, 1.165) is 19.3 Å². The molecule has 0 saturated heterocycles. The predicted octanol–water partition coefficient (Wildman–Crippen LogP) is 2.29. The summed E-state index contributed by atoms with van der Waals surface area (Å²) in [7, 11) is 0. The van der Waals surface area contributed by atoms with Gasteiger partial charge in [-0.1, -0.05) is 0 Å². The molecule has 19 heavy (non-hydrogen) atoms. The summed E-state index contributed by atoms with van der Waals surface area (Å²) in [6.45, 7) is 2.32. The molecule has 3 N–H and O–H groups in total. The second-order valence-electron chi connectivity index (χ2n) is 4.75. The molecule has 2 rings (SSSR count). The zero-order valence-corrected chi connectivity index (χ0v) is 11.0. The first kappa shape index (κ1) is 13.6. The van der Waals surface area contributed by atoms with Gasteiger partial charge >= 0.3 is 0 Å². The average molecular weight is 265 g/mol. The maximum absolute atomic E-state index is 10.9. The minimum atomic E-state index is -0.414. The van der Waals surface area contributed by atoms with E-state index in [2.05, 4.69) is 5.32 Å². The molecule has 0 spiro atoms. The van der Waals surface area contributed by atoms with Gasteiger partial charge < -0.3 is 15.8 Å². The summed E-state index contributed by atoms with van der Waals surface area (Å²) in [5.41, 5.74) is 6.72. The first-order valence-electron chi connectivity index (χ1n) is 6.54. The molecule has 104 valence electrons. The molecule has 1 aromatic carbocycles. The molecule has 1 aromatic rings. The quantitative estimate of drug-likeness (QED) is 0.629. The van der Waals surface area contributed by atoms with Crippen LogP contribution in [0.2, 0.25) is 0 Å². The SMILES string of the molecule is CCOc1cc(NC2CCCC2N)cc([N+](=O)[O-])c1. The predicted molar refractivity (Wildman–Crippen MR) is 73.5 cm³/mol. The molecule has 0 aromatic heterocycles. The van der Waals surface area contributed by atoms with Crippen LogP contribution in [0.3, 0.4) is 0 Å². The van der Waals surface area contributed by atoms with E-state index in [1.54, 1.807) is 6.07 Å². The Kier molecular flexibility index (Phi) is 4.21. The zero-order valence-electron chi connectivity index (χ0n) is 11.0. The molecule has 0 radical (unpaired) electrons. The van der Waals surface area contributed by atoms with Crippen molar-refractivity contribution in [3.05, 3.63) is 28.3 Å². The number of hydrogen-bond donors (Lipinski definition) is 2. The Bertz CT molecular complexity index is 464. The largest absolute Gasteiger partial charge is 0.494 e. The van der Waals surface area contributed by atoms with Crippen molar-refractivity contribution >= 4 is 11.4 Å². The summed E-state index contributed by atoms with van der Waals surface area (Å²) < 4.78 is 5.35. The van der Waals surface area contributed by atoms with E-state index >= 15 is 0 Å². The van der Waals surface area contributed by atoms with Gasteiger partial charge in [0.15, 0.2) is 0 Å². The van der Waals surface area contributed by atoms with Crippen LogP contribution >= 0.6 is 0 Å². The molecule has 0 aliphatic heterocycles. The number of hydrogen-bond acceptors (Lipinski definition) is 5. The number of rotatable bonds is 5. The van der Waals surface area contributed by atoms with Gasteiger partial charge in [0.25, 0.3) is 5.69 Å². The molecule has 1 fully saturated rings. The van der Waals surface area contributed by atoms with Crippen LogP contribution in [-0.2, 0) is 0 Å². The van der Waals surface area contributed by atoms with Crippen LogP contribution in [0.15, 0.2) is 18.2 Å². The molecule has 0 heterocycles. The number of nitrogens with zero attached hydrogens (tertiary/aromatic N) is 1. The summed E-state index contributed by atoms with van der Waals surface area (Å²) in [5.74, 6) is 0.505. The van der Waals surface area contributed by atoms with Gasteiger partial charge in [0, 0.05) is 29.9 Å². The molecule has 2 atom stereocenters. The van der Waals surface area contributed by atoms with Crippen molar-refractivity contribution in [2.24, 2.45) is 5.73 Å². The van der Waals surface area contributed by atoms with Gasteiger partial charge in [0.05, 0.1) is 17.6 Å². The van der Waals surface area contributed by atoms with Gasteiger partial charge in [0.1, 0.15) is 5.75 Å². The summed E-state index contributed by atoms with van der Waals surface area (Å²) in [4.78, 5) is 10.5. The first-order valence-corrected chi connectivity index (χ1v) is 6.54. The van der Waals surface area contributed by atoms with Crippen molar-refractivity contribution < 1.29 is 9.66 Å². The molecule has 1 aliphatic rings. The van der Waals surface area contributed by atoms with E-state index in [4.69, 9.17) is 10.5 Å². The number of ether oxygens (including phenoxy) is 1. The number of nitro groups is 1. The Morgan fingerprint density at radius 2 is 2.26 bits per heavy atom. The lowest BCUT2D eigenvalue weighted by Crippen LogP contribution is -2.35. The fourth-order valence-corrected chi connectivity index (χ4v) is 2.40. The maximum atomic E-state index is 10.9. The third-order valence-corrected chi connectivity index (χ3v) is 3.33. The second-order valence-corrected chi connectivity index (χ2v) is 4.75. The van der Waals surface area contributed by atoms with Gasteiger partial charge in [-0.3, -0.25) is 10.1 Å². The lowest BCUT2D eigenvalue weighted by Gasteiger charge is -2.19. The number of nitrogens with two attached hydrogens (primary N) is 1. The lowest BCUT2D eigenvalue weighted by molar-refractivity contribution is -0.384. The van der Waals surface area contributed by atoms with Crippen molar-refractivity contribution in [3.8, 4) is 5.75 Å². The van der Waals surface area contributed by atoms with E-state index in [9.17, 15) is 10.1 Å². The first-order chi connectivity index (χ1) is 9.10. The molecule has 0 amide bonds. The van der Waals surface area contributed by atoms with Crippen LogP contribution in [0.5, 0.6) is 5.75 Å². The van der Waals surface area contributed by atoms with Gasteiger partial charge in [0.2, 0.25) is 0 Å². The third kappa shape index (κ3) is 3.35. The summed E-state index contributed by atoms with van der Waals surface area (Å²) in [6, 6.07) is 5.02. The van der Waals surface area contributed by atoms with Crippen LogP contribution in [-0.4, -0.2) is 23.6 Å². The Hall–Kier alpha value is -1.82. The second kappa shape index (κ2) is 5.88. The van der Waals surface area contributed by atoms with E-state index in [1.807, 2.05) is 6.92 Å². The van der Waals surface area contributed by atoms with E-state index < -0.39 is 4.92 Å². The highest BCUT2D eigenvalue weighted by atomic mass is 16.6. The topological polar surface area (TPSA) is 90.4 Å². The lowest BCUT2D eigenvalue weighted by atomic mass is 10.1. The van der Waals surface area contributed by atoms with Crippen LogP contribution in [0.4, 0.5) is 11.4 Å². The summed E-state index contributed by atoms with van der Waals surface area (Å²) in [6.07, 6.45) is 3.07. The van der Waals surface area contributed by atoms with Crippen LogP contribution < -0.4 is 15.8 Å². The Morgan fingerprint density at radius 3 is 2.84 bits per heavy atom. The van der Waals surface area contributed by atoms with Crippen molar-refractivity contribution in [1.82, 2.24) is 0 Å². The standard InChI is InChI=1S/C13H19N3O3/c1-2-19-11-7-9(6-10(8-11)16(17)18)15-13-5-3-4-12(13)14/h6-8,12-13,15H,2-5,14H2,1H3. The van der Waals surface area contributed by atoms with Crippen molar-refractivity contribution in [1.29, 1.82) is 0 Å². The highest BCUT2D eigenvalue weighted by Crippen LogP contribution is 2.28. The number of non-ortho nitro benzene ring substituents is 1. The summed E-state index contributed by atoms with van der Waals surface area (Å²) >= 11 is 0. The Labute approximate surface area is 112 Å². The highest BCUT2D eigenvalue weighted by molar-refractivity contribution is 5.57. The van der Waals surface area contributed by atoms with Gasteiger partial charge in [-0.05, 0) is 26.2 Å². The fraction of sp³-hybridized carbons (Fsp3) is 0.538. The molecule has 6 heteroatoms. The Morgan fingerprint density at radius 1 is 1.47 bits per heavy atom. The van der Waals surface area contributed by atoms with Crippen molar-refractivity contribution in [3.63, 3.8) is 0 Å². The minimum Gasteiger partial charge on any atom is -0.494 e. The van der Waals surface area contributed by atoms with E-state index in [-0.39, 0.29) is 17.8 Å². The highest BCUT2D eigenvalue weighted by Gasteiger charge is 2.24. The monoisotopic (exact) mass is 265 g/mol. The van der Waals surface area contributed by atoms with Crippen LogP contribution in [0, 0.1) is 10.1 Å². The third-order valence-electron chi connectivity index (χ3n) is 3.33. The maximum Gasteiger partial charge on any atom is 0.275 e. The van der Waals surface area contributed by atoms with Crippen molar-refractivity contribution in [2.75, 3.05) is 11.9 Å². The zero-order chi connectivity index (χ0) is 13.8. The minimum absolute atomic E-state index is 0.0278. The average Bonchev–Trinajstić information content (AvgIpc) is 2.75. The van der Waals surface area contributed by atoms with E-state index in [0.29, 0.717) is 18.0 Å². The molecule has 6 nitrogen and oxygen atoms in total. The molecular weight excluding hydrogens is 246 g/mol. The molecular formula is C13H19N3O3. The van der Waals surface area contributed by atoms with Gasteiger partial charge in [-0.25, -0.2) is 0 Å². The smallest absolute Gasteiger partial charge is 0.275 e. The fourth-order valence-electron chi connectivity index (χ4n) is 2.40. The number of nitro benzene ring substituents is 1. The molecule has 0 bridgehead atoms. The summed E-state index contributed by atoms with van der Waals surface area (Å²) in [5, 5.41) is 14.2. The number of nitrogens with one attached hydrogen (secondary N) is 1. The number of benzene rings is 1. The molecule has 1 saturated carbocycles. The van der Waals surface area contributed by atoms with Gasteiger partial charge in [-0.2, -0.15) is 0 Å². The van der Waals surface area contributed by atoms with E-state index in [1.165, 1.54) is 12.1 Å².